The maximum Gasteiger partial charge on any atom is 0.239 e. The van der Waals surface area contributed by atoms with Gasteiger partial charge in [0.25, 0.3) is 0 Å². The first-order valence-electron chi connectivity index (χ1n) is 8.89. The van der Waals surface area contributed by atoms with Crippen molar-refractivity contribution in [1.29, 1.82) is 0 Å². The third-order valence-electron chi connectivity index (χ3n) is 4.44. The lowest BCUT2D eigenvalue weighted by Gasteiger charge is -2.22. The minimum Gasteiger partial charge on any atom is -0.486 e. The fourth-order valence-electron chi connectivity index (χ4n) is 3.08. The molecule has 1 aromatic carbocycles. The molecule has 2 aliphatic rings. The Morgan fingerprint density at radius 1 is 1.23 bits per heavy atom. The Labute approximate surface area is 152 Å². The van der Waals surface area contributed by atoms with Gasteiger partial charge in [0.15, 0.2) is 11.5 Å². The summed E-state index contributed by atoms with van der Waals surface area (Å²) < 4.78 is 16.0. The number of amides is 2. The Morgan fingerprint density at radius 2 is 2.04 bits per heavy atom. The standard InChI is InChI=1S/C18H25N3O5/c1-24-9-7-19-5-6-20-17(22)14-4-8-21(18(14)23)13-2-3-15-16(12-13)26-11-10-25-15/h2-3,12,14,19H,4-11H2,1H3,(H,20,22). The van der Waals surface area contributed by atoms with Crippen LogP contribution in [0.4, 0.5) is 5.69 Å². The molecule has 0 radical (unpaired) electrons. The Balaban J connectivity index is 1.52. The van der Waals surface area contributed by atoms with Crippen molar-refractivity contribution in [2.45, 2.75) is 6.42 Å². The van der Waals surface area contributed by atoms with Crippen molar-refractivity contribution in [1.82, 2.24) is 10.6 Å². The molecule has 142 valence electrons. The lowest BCUT2D eigenvalue weighted by atomic mass is 10.1. The third-order valence-corrected chi connectivity index (χ3v) is 4.44. The lowest BCUT2D eigenvalue weighted by Crippen LogP contribution is -2.39. The molecule has 1 unspecified atom stereocenters. The molecule has 8 nitrogen and oxygen atoms in total. The molecular formula is C18H25N3O5. The number of carbonyl (C=O) groups excluding carboxylic acids is 2. The molecule has 1 aromatic rings. The number of hydrogen-bond acceptors (Lipinski definition) is 6. The van der Waals surface area contributed by atoms with Crippen molar-refractivity contribution >= 4 is 17.5 Å². The van der Waals surface area contributed by atoms with Gasteiger partial charge in [-0.05, 0) is 18.6 Å². The molecular weight excluding hydrogens is 338 g/mol. The van der Waals surface area contributed by atoms with E-state index in [9.17, 15) is 9.59 Å². The van der Waals surface area contributed by atoms with E-state index in [4.69, 9.17) is 14.2 Å². The van der Waals surface area contributed by atoms with Crippen LogP contribution < -0.4 is 25.0 Å². The number of fused-ring (bicyclic) bond motifs is 1. The highest BCUT2D eigenvalue weighted by Crippen LogP contribution is 2.35. The van der Waals surface area contributed by atoms with Gasteiger partial charge in [0.05, 0.1) is 6.61 Å². The molecule has 0 aliphatic carbocycles. The highest BCUT2D eigenvalue weighted by Gasteiger charge is 2.37. The van der Waals surface area contributed by atoms with E-state index in [1.807, 2.05) is 6.07 Å². The average Bonchev–Trinajstić information content (AvgIpc) is 3.05. The monoisotopic (exact) mass is 363 g/mol. The van der Waals surface area contributed by atoms with Crippen molar-refractivity contribution in [2.24, 2.45) is 5.92 Å². The van der Waals surface area contributed by atoms with Crippen LogP contribution >= 0.6 is 0 Å². The van der Waals surface area contributed by atoms with Crippen LogP contribution in [0, 0.1) is 5.92 Å². The van der Waals surface area contributed by atoms with Gasteiger partial charge in [0.1, 0.15) is 19.1 Å². The summed E-state index contributed by atoms with van der Waals surface area (Å²) in [6.07, 6.45) is 0.510. The van der Waals surface area contributed by atoms with Crippen LogP contribution in [-0.4, -0.2) is 64.9 Å². The van der Waals surface area contributed by atoms with Gasteiger partial charge in [-0.3, -0.25) is 9.59 Å². The molecule has 2 heterocycles. The number of rotatable bonds is 8. The van der Waals surface area contributed by atoms with E-state index in [1.165, 1.54) is 0 Å². The first kappa shape index (κ1) is 18.5. The highest BCUT2D eigenvalue weighted by atomic mass is 16.6. The van der Waals surface area contributed by atoms with Gasteiger partial charge in [-0.2, -0.15) is 0 Å². The minimum atomic E-state index is -0.637. The summed E-state index contributed by atoms with van der Waals surface area (Å²) in [6.45, 7) is 4.01. The largest absolute Gasteiger partial charge is 0.486 e. The van der Waals surface area contributed by atoms with Gasteiger partial charge < -0.3 is 29.7 Å². The number of anilines is 1. The maximum absolute atomic E-state index is 12.7. The van der Waals surface area contributed by atoms with Gasteiger partial charge in [0.2, 0.25) is 11.8 Å². The second-order valence-corrected chi connectivity index (χ2v) is 6.19. The van der Waals surface area contributed by atoms with E-state index >= 15 is 0 Å². The molecule has 1 fully saturated rings. The SMILES string of the molecule is COCCNCCNC(=O)C1CCN(c2ccc3c(c2)OCCO3)C1=O. The van der Waals surface area contributed by atoms with Gasteiger partial charge in [0, 0.05) is 45.0 Å². The van der Waals surface area contributed by atoms with Crippen molar-refractivity contribution in [3.05, 3.63) is 18.2 Å². The molecule has 26 heavy (non-hydrogen) atoms. The van der Waals surface area contributed by atoms with Crippen LogP contribution in [0.2, 0.25) is 0 Å². The van der Waals surface area contributed by atoms with E-state index in [0.717, 1.165) is 12.2 Å². The van der Waals surface area contributed by atoms with Crippen molar-refractivity contribution in [2.75, 3.05) is 58.0 Å². The predicted molar refractivity (Wildman–Crippen MR) is 95.6 cm³/mol. The number of methoxy groups -OCH3 is 1. The minimum absolute atomic E-state index is 0.175. The van der Waals surface area contributed by atoms with Crippen LogP contribution in [0.15, 0.2) is 18.2 Å². The van der Waals surface area contributed by atoms with E-state index in [2.05, 4.69) is 10.6 Å². The number of nitrogens with one attached hydrogen (secondary N) is 2. The fraction of sp³-hybridized carbons (Fsp3) is 0.556. The summed E-state index contributed by atoms with van der Waals surface area (Å²) >= 11 is 0. The van der Waals surface area contributed by atoms with Crippen LogP contribution in [0.1, 0.15) is 6.42 Å². The molecule has 8 heteroatoms. The van der Waals surface area contributed by atoms with Gasteiger partial charge in [-0.25, -0.2) is 0 Å². The zero-order valence-electron chi connectivity index (χ0n) is 15.0. The first-order chi connectivity index (χ1) is 12.7. The zero-order valence-corrected chi connectivity index (χ0v) is 15.0. The Hall–Kier alpha value is -2.32. The zero-order chi connectivity index (χ0) is 18.4. The smallest absolute Gasteiger partial charge is 0.239 e. The molecule has 0 bridgehead atoms. The van der Waals surface area contributed by atoms with E-state index in [1.54, 1.807) is 24.1 Å². The summed E-state index contributed by atoms with van der Waals surface area (Å²) in [5.41, 5.74) is 0.732. The predicted octanol–water partition coefficient (Wildman–Crippen LogP) is 0.163. The molecule has 1 saturated heterocycles. The topological polar surface area (TPSA) is 89.1 Å². The molecule has 1 atom stereocenters. The number of carbonyl (C=O) groups is 2. The number of nitrogens with zero attached hydrogens (tertiary/aromatic N) is 1. The first-order valence-corrected chi connectivity index (χ1v) is 8.89. The van der Waals surface area contributed by atoms with Crippen LogP contribution in [0.5, 0.6) is 11.5 Å². The molecule has 0 saturated carbocycles. The number of benzene rings is 1. The van der Waals surface area contributed by atoms with E-state index < -0.39 is 5.92 Å². The normalized spacial score (nSPS) is 18.9. The highest BCUT2D eigenvalue weighted by molar-refractivity contribution is 6.09. The second kappa shape index (κ2) is 8.86. The fourth-order valence-corrected chi connectivity index (χ4v) is 3.08. The van der Waals surface area contributed by atoms with Crippen LogP contribution in [0.3, 0.4) is 0 Å². The summed E-state index contributed by atoms with van der Waals surface area (Å²) in [6, 6.07) is 5.42. The quantitative estimate of drug-likeness (QED) is 0.505. The molecule has 0 spiro atoms. The number of hydrogen-bond donors (Lipinski definition) is 2. The van der Waals surface area contributed by atoms with E-state index in [0.29, 0.717) is 57.4 Å². The summed E-state index contributed by atoms with van der Waals surface area (Å²) in [4.78, 5) is 26.6. The Morgan fingerprint density at radius 3 is 2.85 bits per heavy atom. The molecule has 2 aliphatic heterocycles. The maximum atomic E-state index is 12.7. The molecule has 2 amide bonds. The van der Waals surface area contributed by atoms with Crippen molar-refractivity contribution < 1.29 is 23.8 Å². The average molecular weight is 363 g/mol. The van der Waals surface area contributed by atoms with Gasteiger partial charge in [-0.1, -0.05) is 0 Å². The second-order valence-electron chi connectivity index (χ2n) is 6.19. The van der Waals surface area contributed by atoms with Crippen molar-refractivity contribution in [3.8, 4) is 11.5 Å². The third kappa shape index (κ3) is 4.25. The molecule has 2 N–H and O–H groups in total. The lowest BCUT2D eigenvalue weighted by molar-refractivity contribution is -0.132. The summed E-state index contributed by atoms with van der Waals surface area (Å²) in [5.74, 6) is 0.288. The Bertz CT molecular complexity index is 652. The summed E-state index contributed by atoms with van der Waals surface area (Å²) in [5, 5.41) is 5.97. The Kier molecular flexibility index (Phi) is 6.30. The van der Waals surface area contributed by atoms with E-state index in [-0.39, 0.29) is 11.8 Å². The molecule has 3 rings (SSSR count). The van der Waals surface area contributed by atoms with Gasteiger partial charge >= 0.3 is 0 Å². The van der Waals surface area contributed by atoms with Crippen LogP contribution in [-0.2, 0) is 14.3 Å². The van der Waals surface area contributed by atoms with Crippen LogP contribution in [0.25, 0.3) is 0 Å². The number of ether oxygens (including phenoxy) is 3. The van der Waals surface area contributed by atoms with Gasteiger partial charge in [-0.15, -0.1) is 0 Å². The van der Waals surface area contributed by atoms with Crippen molar-refractivity contribution in [3.63, 3.8) is 0 Å². The molecule has 0 aromatic heterocycles. The summed E-state index contributed by atoms with van der Waals surface area (Å²) in [7, 11) is 1.64.